The van der Waals surface area contributed by atoms with Gasteiger partial charge in [0, 0.05) is 25.7 Å². The van der Waals surface area contributed by atoms with E-state index in [1.165, 1.54) is 24.0 Å². The molecule has 2 atom stereocenters. The van der Waals surface area contributed by atoms with Crippen LogP contribution in [0.4, 0.5) is 0 Å². The van der Waals surface area contributed by atoms with Crippen LogP contribution < -0.4 is 35.2 Å². The van der Waals surface area contributed by atoms with Crippen LogP contribution in [-0.2, 0) is 25.8 Å². The molecule has 0 heterocycles. The fourth-order valence-corrected chi connectivity index (χ4v) is 7.44. The summed E-state index contributed by atoms with van der Waals surface area (Å²) in [6, 6.07) is 13.9. The molecule has 0 spiro atoms. The summed E-state index contributed by atoms with van der Waals surface area (Å²) in [5.74, 6) is 1.35. The van der Waals surface area contributed by atoms with E-state index in [4.69, 9.17) is 0 Å². The molecule has 36 heavy (non-hydrogen) atoms. The van der Waals surface area contributed by atoms with Gasteiger partial charge in [-0.05, 0) is 11.8 Å². The second-order valence-electron chi connectivity index (χ2n) is 12.6. The molecule has 1 radical (unpaired) electrons. The summed E-state index contributed by atoms with van der Waals surface area (Å²) in [7, 11) is -1.40. The first-order chi connectivity index (χ1) is 15.0. The van der Waals surface area contributed by atoms with Crippen molar-refractivity contribution in [1.29, 1.82) is 0 Å². The van der Waals surface area contributed by atoms with Crippen LogP contribution in [0.5, 0.6) is 0 Å². The van der Waals surface area contributed by atoms with Crippen LogP contribution in [0.25, 0.3) is 0 Å². The number of rotatable bonds is 8. The Labute approximate surface area is 262 Å². The topological polar surface area (TPSA) is 0 Å². The Bertz CT molecular complexity index is 703. The Hall–Kier alpha value is 0.801. The molecule has 2 aromatic rings. The van der Waals surface area contributed by atoms with Gasteiger partial charge in [0.1, 0.15) is 0 Å². The number of halogens is 2. The molecule has 2 unspecified atom stereocenters. The summed E-state index contributed by atoms with van der Waals surface area (Å²) in [4.78, 5) is 0. The van der Waals surface area contributed by atoms with Crippen molar-refractivity contribution in [1.82, 2.24) is 0 Å². The Kier molecular flexibility index (Phi) is 25.2. The molecule has 6 heteroatoms. The molecule has 207 valence electrons. The van der Waals surface area contributed by atoms with Gasteiger partial charge in [-0.15, -0.1) is 0 Å². The maximum atomic E-state index is 2.40. The van der Waals surface area contributed by atoms with Crippen molar-refractivity contribution in [3.8, 4) is 0 Å². The van der Waals surface area contributed by atoms with Crippen molar-refractivity contribution < 1.29 is 50.7 Å². The third-order valence-electron chi connectivity index (χ3n) is 6.57. The van der Waals surface area contributed by atoms with Gasteiger partial charge in [-0.3, -0.25) is 0 Å². The van der Waals surface area contributed by atoms with Gasteiger partial charge in [0.25, 0.3) is 0 Å². The molecule has 0 amide bonds. The van der Waals surface area contributed by atoms with Crippen molar-refractivity contribution >= 4 is 36.0 Å². The van der Waals surface area contributed by atoms with E-state index in [-0.39, 0.29) is 50.7 Å². The minimum absolute atomic E-state index is 0. The largest absolute Gasteiger partial charge is 4.00 e. The van der Waals surface area contributed by atoms with Gasteiger partial charge in [0.2, 0.25) is 0 Å². The van der Waals surface area contributed by atoms with Gasteiger partial charge in [0.05, 0.1) is 0 Å². The van der Waals surface area contributed by atoms with Gasteiger partial charge in [-0.25, -0.2) is 22.5 Å². The Balaban J connectivity index is -0.000000207. The van der Waals surface area contributed by atoms with Crippen molar-refractivity contribution in [2.24, 2.45) is 0 Å². The molecule has 0 bridgehead atoms. The smallest absolute Gasteiger partial charge is 1.00 e. The maximum absolute atomic E-state index is 2.40. The minimum atomic E-state index is -1.06. The summed E-state index contributed by atoms with van der Waals surface area (Å²) in [5, 5.41) is 3.18. The molecule has 2 rings (SSSR count). The minimum Gasteiger partial charge on any atom is -1.00 e. The Morgan fingerprint density at radius 2 is 0.917 bits per heavy atom. The van der Waals surface area contributed by atoms with Crippen LogP contribution in [0, 0.1) is 0 Å². The quantitative estimate of drug-likeness (QED) is 0.288. The van der Waals surface area contributed by atoms with Crippen molar-refractivity contribution in [3.05, 3.63) is 47.5 Å². The molecule has 2 aromatic carbocycles. The summed E-state index contributed by atoms with van der Waals surface area (Å²) >= 11 is 0. The van der Waals surface area contributed by atoms with E-state index in [0.717, 1.165) is 20.6 Å². The van der Waals surface area contributed by atoms with Gasteiger partial charge in [-0.2, -0.15) is 35.4 Å². The first-order valence-corrected chi connectivity index (χ1v) is 21.7. The Morgan fingerprint density at radius 1 is 0.639 bits per heavy atom. The van der Waals surface area contributed by atoms with E-state index >= 15 is 0 Å². The second kappa shape index (κ2) is 20.7. The standard InChI is InChI=1S/2C11H19Si.C8H19Si.2ClH.Hf/c2*1-9(2)10-6-7-11(8-10)12(3,4)5;1-5-7(3)9-8(4)6-2;;;/h2*6-9H,1-5H3;7-9H,5-6H2,1-4H3;2*1H;/q2*-1;;;;+4/p-2. The molecule has 0 saturated heterocycles. The summed E-state index contributed by atoms with van der Waals surface area (Å²) in [6.45, 7) is 32.7. The molecule has 0 aromatic heterocycles. The fourth-order valence-electron chi connectivity index (χ4n) is 3.41. The van der Waals surface area contributed by atoms with Gasteiger partial charge >= 0.3 is 25.8 Å². The molecule has 0 aliphatic carbocycles. The zero-order valence-corrected chi connectivity index (χ0v) is 34.3. The molecule has 0 nitrogen and oxygen atoms in total. The van der Waals surface area contributed by atoms with E-state index in [2.05, 4.69) is 131 Å². The monoisotopic (exact) mass is 751 g/mol. The van der Waals surface area contributed by atoms with Crippen LogP contribution in [0.15, 0.2) is 36.4 Å². The SMILES string of the molecule is CC(C)c1cc([Si](C)(C)C)c[cH-]1.CC(C)c1cc([Si](C)(C)C)c[cH-]1.CCC(C)[SiH]C(C)CC.[Cl-].[Cl-].[Hf+4]. The van der Waals surface area contributed by atoms with Crippen molar-refractivity contribution in [3.63, 3.8) is 0 Å². The van der Waals surface area contributed by atoms with Crippen LogP contribution in [0.3, 0.4) is 0 Å². The number of hydrogen-bond donors (Lipinski definition) is 0. The van der Waals surface area contributed by atoms with E-state index in [1.807, 2.05) is 0 Å². The molecule has 0 aliphatic rings. The molecule has 0 N–H and O–H groups in total. The summed E-state index contributed by atoms with van der Waals surface area (Å²) in [6.07, 6.45) is 2.75. The van der Waals surface area contributed by atoms with Gasteiger partial charge in [0.15, 0.2) is 0 Å². The average molecular weight is 751 g/mol. The Morgan fingerprint density at radius 3 is 1.06 bits per heavy atom. The van der Waals surface area contributed by atoms with E-state index in [1.54, 1.807) is 10.4 Å². The first-order valence-electron chi connectivity index (χ1n) is 13.4. The van der Waals surface area contributed by atoms with Gasteiger partial charge < -0.3 is 24.8 Å². The van der Waals surface area contributed by atoms with Crippen molar-refractivity contribution in [2.75, 3.05) is 0 Å². The predicted octanol–water partition coefficient (Wildman–Crippen LogP) is 3.01. The number of hydrogen-bond acceptors (Lipinski definition) is 0. The molecular formula is C30H57Cl2HfSi3. The van der Waals surface area contributed by atoms with Gasteiger partial charge in [-0.1, -0.05) is 119 Å². The molecule has 0 saturated carbocycles. The average Bonchev–Trinajstić information content (AvgIpc) is 3.38. The normalized spacial score (nSPS) is 12.7. The summed E-state index contributed by atoms with van der Waals surface area (Å²) in [5.41, 5.74) is 5.01. The van der Waals surface area contributed by atoms with E-state index in [9.17, 15) is 0 Å². The van der Waals surface area contributed by atoms with Crippen LogP contribution in [-0.4, -0.2) is 25.7 Å². The third-order valence-corrected chi connectivity index (χ3v) is 12.9. The maximum Gasteiger partial charge on any atom is 4.00 e. The fraction of sp³-hybridized carbons (Fsp3) is 0.667. The van der Waals surface area contributed by atoms with E-state index < -0.39 is 16.1 Å². The predicted molar refractivity (Wildman–Crippen MR) is 165 cm³/mol. The molecular weight excluding hydrogens is 694 g/mol. The van der Waals surface area contributed by atoms with Crippen molar-refractivity contribution in [2.45, 2.75) is 130 Å². The zero-order valence-electron chi connectivity index (χ0n) is 26.0. The van der Waals surface area contributed by atoms with Crippen LogP contribution in [0.2, 0.25) is 50.4 Å². The van der Waals surface area contributed by atoms with E-state index in [0.29, 0.717) is 11.8 Å². The first kappa shape index (κ1) is 43.8. The molecule has 0 fully saturated rings. The zero-order chi connectivity index (χ0) is 26.0. The van der Waals surface area contributed by atoms with Crippen LogP contribution in [0.1, 0.15) is 91.2 Å². The molecule has 0 aliphatic heterocycles. The summed E-state index contributed by atoms with van der Waals surface area (Å²) < 4.78 is 0. The second-order valence-corrected chi connectivity index (χ2v) is 25.5. The third kappa shape index (κ3) is 18.2. The van der Waals surface area contributed by atoms with Crippen LogP contribution >= 0.6 is 0 Å².